The Kier molecular flexibility index (Phi) is 8.27. The molecule has 0 rings (SSSR count). The van der Waals surface area contributed by atoms with Crippen molar-refractivity contribution in [3.05, 3.63) is 0 Å². The average Bonchev–Trinajstić information content (AvgIpc) is 2.21. The van der Waals surface area contributed by atoms with Gasteiger partial charge in [-0.1, -0.05) is 6.92 Å². The lowest BCUT2D eigenvalue weighted by Crippen LogP contribution is -2.37. The van der Waals surface area contributed by atoms with Gasteiger partial charge in [0.05, 0.1) is 12.6 Å². The van der Waals surface area contributed by atoms with Crippen LogP contribution in [0, 0.1) is 0 Å². The van der Waals surface area contributed by atoms with Gasteiger partial charge in [0.15, 0.2) is 0 Å². The van der Waals surface area contributed by atoms with Crippen LogP contribution in [-0.4, -0.2) is 49.7 Å². The fourth-order valence-corrected chi connectivity index (χ4v) is 1.40. The Labute approximate surface area is 91.7 Å². The Balaban J connectivity index is 3.81. The van der Waals surface area contributed by atoms with Gasteiger partial charge in [0.25, 0.3) is 0 Å². The van der Waals surface area contributed by atoms with Crippen molar-refractivity contribution < 1.29 is 9.53 Å². The van der Waals surface area contributed by atoms with E-state index in [9.17, 15) is 4.79 Å². The SMILES string of the molecule is CCOC(CN)CCN(CC)CC(N)=O. The van der Waals surface area contributed by atoms with Gasteiger partial charge in [-0.15, -0.1) is 0 Å². The van der Waals surface area contributed by atoms with E-state index < -0.39 is 0 Å². The van der Waals surface area contributed by atoms with E-state index in [1.807, 2.05) is 18.7 Å². The van der Waals surface area contributed by atoms with E-state index >= 15 is 0 Å². The van der Waals surface area contributed by atoms with Crippen LogP contribution in [0.15, 0.2) is 0 Å². The summed E-state index contributed by atoms with van der Waals surface area (Å²) in [7, 11) is 0. The lowest BCUT2D eigenvalue weighted by atomic mass is 10.2. The van der Waals surface area contributed by atoms with Crippen molar-refractivity contribution in [2.24, 2.45) is 11.5 Å². The van der Waals surface area contributed by atoms with Crippen molar-refractivity contribution in [1.29, 1.82) is 0 Å². The quantitative estimate of drug-likeness (QED) is 0.548. The second-order valence-corrected chi connectivity index (χ2v) is 3.44. The predicted octanol–water partition coefficient (Wildman–Crippen LogP) is -0.452. The van der Waals surface area contributed by atoms with E-state index in [1.54, 1.807) is 0 Å². The molecule has 0 aliphatic rings. The summed E-state index contributed by atoms with van der Waals surface area (Å²) in [5.74, 6) is -0.294. The molecule has 0 radical (unpaired) electrons. The van der Waals surface area contributed by atoms with Gasteiger partial charge >= 0.3 is 0 Å². The summed E-state index contributed by atoms with van der Waals surface area (Å²) in [4.78, 5) is 12.7. The predicted molar refractivity (Wildman–Crippen MR) is 60.4 cm³/mol. The number of ether oxygens (including phenoxy) is 1. The molecule has 0 aromatic heterocycles. The first kappa shape index (κ1) is 14.3. The molecule has 90 valence electrons. The van der Waals surface area contributed by atoms with E-state index in [2.05, 4.69) is 0 Å². The Bertz CT molecular complexity index is 176. The van der Waals surface area contributed by atoms with Gasteiger partial charge < -0.3 is 16.2 Å². The molecule has 15 heavy (non-hydrogen) atoms. The number of carbonyl (C=O) groups excluding carboxylic acids is 1. The molecule has 0 aliphatic carbocycles. The first-order valence-electron chi connectivity index (χ1n) is 5.46. The first-order chi connectivity index (χ1) is 7.13. The number of primary amides is 1. The maximum atomic E-state index is 10.7. The van der Waals surface area contributed by atoms with Gasteiger partial charge in [-0.2, -0.15) is 0 Å². The highest BCUT2D eigenvalue weighted by Gasteiger charge is 2.10. The van der Waals surface area contributed by atoms with Crippen LogP contribution in [0.2, 0.25) is 0 Å². The third-order valence-corrected chi connectivity index (χ3v) is 2.26. The first-order valence-corrected chi connectivity index (χ1v) is 5.46. The van der Waals surface area contributed by atoms with Crippen molar-refractivity contribution in [3.8, 4) is 0 Å². The number of amides is 1. The van der Waals surface area contributed by atoms with Gasteiger partial charge in [0.2, 0.25) is 5.91 Å². The van der Waals surface area contributed by atoms with Crippen molar-refractivity contribution in [2.75, 3.05) is 32.8 Å². The van der Waals surface area contributed by atoms with E-state index in [0.717, 1.165) is 19.5 Å². The molecule has 0 aliphatic heterocycles. The molecule has 0 saturated heterocycles. The molecule has 1 atom stereocenters. The lowest BCUT2D eigenvalue weighted by Gasteiger charge is -2.21. The summed E-state index contributed by atoms with van der Waals surface area (Å²) in [6.45, 7) is 7.05. The van der Waals surface area contributed by atoms with Crippen LogP contribution in [0.5, 0.6) is 0 Å². The molecule has 5 nitrogen and oxygen atoms in total. The summed E-state index contributed by atoms with van der Waals surface area (Å²) in [5, 5.41) is 0. The molecule has 0 aromatic rings. The highest BCUT2D eigenvalue weighted by Crippen LogP contribution is 1.99. The smallest absolute Gasteiger partial charge is 0.231 e. The molecule has 0 heterocycles. The Hall–Kier alpha value is -0.650. The highest BCUT2D eigenvalue weighted by atomic mass is 16.5. The third-order valence-electron chi connectivity index (χ3n) is 2.26. The summed E-state index contributed by atoms with van der Waals surface area (Å²) < 4.78 is 5.42. The minimum Gasteiger partial charge on any atom is -0.377 e. The van der Waals surface area contributed by atoms with E-state index in [0.29, 0.717) is 19.7 Å². The molecule has 0 saturated carbocycles. The van der Waals surface area contributed by atoms with Gasteiger partial charge in [0, 0.05) is 19.7 Å². The van der Waals surface area contributed by atoms with Gasteiger partial charge in [-0.3, -0.25) is 9.69 Å². The number of nitrogens with zero attached hydrogens (tertiary/aromatic N) is 1. The Morgan fingerprint density at radius 1 is 1.47 bits per heavy atom. The molecule has 4 N–H and O–H groups in total. The monoisotopic (exact) mass is 217 g/mol. The van der Waals surface area contributed by atoms with Crippen LogP contribution < -0.4 is 11.5 Å². The van der Waals surface area contributed by atoms with E-state index in [4.69, 9.17) is 16.2 Å². The molecule has 0 bridgehead atoms. The minimum atomic E-state index is -0.294. The van der Waals surface area contributed by atoms with E-state index in [1.165, 1.54) is 0 Å². The number of likely N-dealkylation sites (N-methyl/N-ethyl adjacent to an activating group) is 1. The topological polar surface area (TPSA) is 81.6 Å². The number of rotatable bonds is 9. The normalized spacial score (nSPS) is 13.1. The van der Waals surface area contributed by atoms with Crippen LogP contribution in [0.25, 0.3) is 0 Å². The molecule has 5 heteroatoms. The number of carbonyl (C=O) groups is 1. The summed E-state index contributed by atoms with van der Waals surface area (Å²) in [6, 6.07) is 0. The van der Waals surface area contributed by atoms with Crippen LogP contribution in [0.4, 0.5) is 0 Å². The van der Waals surface area contributed by atoms with Crippen LogP contribution in [-0.2, 0) is 9.53 Å². The average molecular weight is 217 g/mol. The molecule has 0 spiro atoms. The number of hydrogen-bond donors (Lipinski definition) is 2. The molecular formula is C10H23N3O2. The van der Waals surface area contributed by atoms with Crippen LogP contribution in [0.1, 0.15) is 20.3 Å². The largest absolute Gasteiger partial charge is 0.377 e. The van der Waals surface area contributed by atoms with E-state index in [-0.39, 0.29) is 12.0 Å². The maximum absolute atomic E-state index is 10.7. The van der Waals surface area contributed by atoms with Crippen molar-refractivity contribution in [2.45, 2.75) is 26.4 Å². The second-order valence-electron chi connectivity index (χ2n) is 3.44. The Morgan fingerprint density at radius 3 is 2.53 bits per heavy atom. The van der Waals surface area contributed by atoms with Crippen molar-refractivity contribution in [3.63, 3.8) is 0 Å². The van der Waals surface area contributed by atoms with Crippen LogP contribution >= 0.6 is 0 Å². The highest BCUT2D eigenvalue weighted by molar-refractivity contribution is 5.75. The van der Waals surface area contributed by atoms with Crippen LogP contribution in [0.3, 0.4) is 0 Å². The fraction of sp³-hybridized carbons (Fsp3) is 0.900. The molecule has 0 fully saturated rings. The maximum Gasteiger partial charge on any atom is 0.231 e. The minimum absolute atomic E-state index is 0.0805. The van der Waals surface area contributed by atoms with Gasteiger partial charge in [-0.05, 0) is 19.9 Å². The Morgan fingerprint density at radius 2 is 2.13 bits per heavy atom. The molecule has 0 aromatic carbocycles. The summed E-state index contributed by atoms with van der Waals surface area (Å²) in [6.07, 6.45) is 0.919. The number of hydrogen-bond acceptors (Lipinski definition) is 4. The zero-order chi connectivity index (χ0) is 11.7. The van der Waals surface area contributed by atoms with Gasteiger partial charge in [0.1, 0.15) is 0 Å². The van der Waals surface area contributed by atoms with Crippen molar-refractivity contribution in [1.82, 2.24) is 4.90 Å². The molecular weight excluding hydrogens is 194 g/mol. The second kappa shape index (κ2) is 8.64. The molecule has 1 amide bonds. The standard InChI is InChI=1S/C10H23N3O2/c1-3-13(8-10(12)14)6-5-9(7-11)15-4-2/h9H,3-8,11H2,1-2H3,(H2,12,14). The summed E-state index contributed by atoms with van der Waals surface area (Å²) >= 11 is 0. The van der Waals surface area contributed by atoms with Crippen molar-refractivity contribution >= 4 is 5.91 Å². The summed E-state index contributed by atoms with van der Waals surface area (Å²) in [5.41, 5.74) is 10.7. The third kappa shape index (κ3) is 7.30. The zero-order valence-corrected chi connectivity index (χ0v) is 9.74. The fourth-order valence-electron chi connectivity index (χ4n) is 1.40. The van der Waals surface area contributed by atoms with Gasteiger partial charge in [-0.25, -0.2) is 0 Å². The lowest BCUT2D eigenvalue weighted by molar-refractivity contribution is -0.119. The molecule has 1 unspecified atom stereocenters. The zero-order valence-electron chi connectivity index (χ0n) is 9.74. The number of nitrogens with two attached hydrogens (primary N) is 2.